The first-order valence-electron chi connectivity index (χ1n) is 6.01. The van der Waals surface area contributed by atoms with Crippen LogP contribution in [0.25, 0.3) is 22.2 Å². The molecule has 0 fully saturated rings. The third kappa shape index (κ3) is 2.19. The van der Waals surface area contributed by atoms with Crippen LogP contribution in [0.15, 0.2) is 41.2 Å². The van der Waals surface area contributed by atoms with Gasteiger partial charge in [0.1, 0.15) is 0 Å². The summed E-state index contributed by atoms with van der Waals surface area (Å²) in [5.41, 5.74) is 2.87. The minimum absolute atomic E-state index is 0.151. The lowest BCUT2D eigenvalue weighted by Crippen LogP contribution is -2.02. The van der Waals surface area contributed by atoms with E-state index in [2.05, 4.69) is 9.97 Å². The lowest BCUT2D eigenvalue weighted by atomic mass is 10.1. The minimum atomic E-state index is -0.151. The highest BCUT2D eigenvalue weighted by molar-refractivity contribution is 6.38. The zero-order valence-corrected chi connectivity index (χ0v) is 12.1. The maximum Gasteiger partial charge on any atom is 0.248 e. The van der Waals surface area contributed by atoms with Gasteiger partial charge in [0.2, 0.25) is 5.56 Å². The number of aryl methyl sites for hydroxylation is 1. The van der Waals surface area contributed by atoms with Gasteiger partial charge in [0, 0.05) is 22.5 Å². The van der Waals surface area contributed by atoms with Gasteiger partial charge >= 0.3 is 0 Å². The summed E-state index contributed by atoms with van der Waals surface area (Å²) in [4.78, 5) is 18.5. The van der Waals surface area contributed by atoms with Crippen LogP contribution in [0, 0.1) is 6.92 Å². The highest BCUT2D eigenvalue weighted by Gasteiger charge is 2.10. The predicted octanol–water partition coefficient (Wildman–Crippen LogP) is 4.21. The summed E-state index contributed by atoms with van der Waals surface area (Å²) in [7, 11) is 0. The van der Waals surface area contributed by atoms with Crippen LogP contribution in [0.3, 0.4) is 0 Å². The highest BCUT2D eigenvalue weighted by atomic mass is 35.5. The summed E-state index contributed by atoms with van der Waals surface area (Å²) in [6.45, 7) is 1.85. The molecule has 3 aromatic rings. The molecule has 0 unspecified atom stereocenters. The van der Waals surface area contributed by atoms with E-state index in [1.54, 1.807) is 12.1 Å². The average molecular weight is 305 g/mol. The molecular formula is C15H10Cl2N2O. The second kappa shape index (κ2) is 4.93. The quantitative estimate of drug-likeness (QED) is 0.732. The van der Waals surface area contributed by atoms with Crippen LogP contribution in [0.2, 0.25) is 10.0 Å². The van der Waals surface area contributed by atoms with E-state index < -0.39 is 0 Å². The first-order valence-corrected chi connectivity index (χ1v) is 6.77. The molecule has 20 heavy (non-hydrogen) atoms. The molecule has 100 valence electrons. The highest BCUT2D eigenvalue weighted by Crippen LogP contribution is 2.33. The van der Waals surface area contributed by atoms with Crippen LogP contribution in [-0.2, 0) is 0 Å². The molecule has 3 nitrogen and oxygen atoms in total. The van der Waals surface area contributed by atoms with E-state index in [0.29, 0.717) is 15.6 Å². The van der Waals surface area contributed by atoms with Crippen molar-refractivity contribution in [1.29, 1.82) is 0 Å². The molecule has 0 spiro atoms. The second-order valence-corrected chi connectivity index (χ2v) is 5.26. The van der Waals surface area contributed by atoms with E-state index in [0.717, 1.165) is 22.3 Å². The van der Waals surface area contributed by atoms with Crippen LogP contribution < -0.4 is 5.56 Å². The van der Waals surface area contributed by atoms with Gasteiger partial charge in [-0.25, -0.2) is 0 Å². The first-order chi connectivity index (χ1) is 9.56. The van der Waals surface area contributed by atoms with Crippen molar-refractivity contribution in [3.05, 3.63) is 62.5 Å². The fourth-order valence-electron chi connectivity index (χ4n) is 2.09. The Morgan fingerprint density at radius 2 is 1.85 bits per heavy atom. The maximum absolute atomic E-state index is 11.3. The van der Waals surface area contributed by atoms with Gasteiger partial charge in [0.25, 0.3) is 0 Å². The van der Waals surface area contributed by atoms with Gasteiger partial charge in [-0.1, -0.05) is 23.2 Å². The standard InChI is InChI=1S/C15H10Cl2N2O/c1-8-11(16)4-6-12(18-8)9-2-5-13-10(15(9)17)3-7-14(20)19-13/h2-7H,1H3,(H,19,20). The van der Waals surface area contributed by atoms with E-state index in [9.17, 15) is 4.79 Å². The van der Waals surface area contributed by atoms with Gasteiger partial charge in [-0.3, -0.25) is 9.78 Å². The smallest absolute Gasteiger partial charge is 0.248 e. The fraction of sp³-hybridized carbons (Fsp3) is 0.0667. The van der Waals surface area contributed by atoms with Crippen molar-refractivity contribution in [3.8, 4) is 11.3 Å². The Balaban J connectivity index is 2.26. The van der Waals surface area contributed by atoms with Crippen molar-refractivity contribution in [2.24, 2.45) is 0 Å². The molecule has 0 aliphatic carbocycles. The van der Waals surface area contributed by atoms with E-state index in [4.69, 9.17) is 23.2 Å². The summed E-state index contributed by atoms with van der Waals surface area (Å²) in [5, 5.41) is 1.97. The van der Waals surface area contributed by atoms with E-state index >= 15 is 0 Å². The number of aromatic nitrogens is 2. The first kappa shape index (κ1) is 13.2. The van der Waals surface area contributed by atoms with Gasteiger partial charge in [-0.15, -0.1) is 0 Å². The summed E-state index contributed by atoms with van der Waals surface area (Å²) in [6.07, 6.45) is 0. The number of pyridine rings is 2. The van der Waals surface area contributed by atoms with Crippen LogP contribution >= 0.6 is 23.2 Å². The van der Waals surface area contributed by atoms with Gasteiger partial charge in [-0.05, 0) is 37.3 Å². The Labute approximate surface area is 125 Å². The number of halogens is 2. The van der Waals surface area contributed by atoms with Crippen molar-refractivity contribution in [3.63, 3.8) is 0 Å². The average Bonchev–Trinajstić information content (AvgIpc) is 2.42. The van der Waals surface area contributed by atoms with Crippen LogP contribution in [0.1, 0.15) is 5.69 Å². The Bertz CT molecular complexity index is 871. The Morgan fingerprint density at radius 3 is 2.60 bits per heavy atom. The number of nitrogens with zero attached hydrogens (tertiary/aromatic N) is 1. The third-order valence-corrected chi connectivity index (χ3v) is 3.94. The maximum atomic E-state index is 11.3. The van der Waals surface area contributed by atoms with E-state index in [-0.39, 0.29) is 5.56 Å². The van der Waals surface area contributed by atoms with Crippen molar-refractivity contribution >= 4 is 34.1 Å². The van der Waals surface area contributed by atoms with Gasteiger partial charge < -0.3 is 4.98 Å². The van der Waals surface area contributed by atoms with Crippen LogP contribution in [0.5, 0.6) is 0 Å². The molecule has 0 bridgehead atoms. The van der Waals surface area contributed by atoms with E-state index in [1.165, 1.54) is 6.07 Å². The van der Waals surface area contributed by atoms with Crippen LogP contribution in [-0.4, -0.2) is 9.97 Å². The predicted molar refractivity (Wildman–Crippen MR) is 82.6 cm³/mol. The van der Waals surface area contributed by atoms with Crippen molar-refractivity contribution < 1.29 is 0 Å². The fourth-order valence-corrected chi connectivity index (χ4v) is 2.52. The van der Waals surface area contributed by atoms with Crippen LogP contribution in [0.4, 0.5) is 0 Å². The molecule has 0 amide bonds. The number of aromatic amines is 1. The second-order valence-electron chi connectivity index (χ2n) is 4.47. The summed E-state index contributed by atoms with van der Waals surface area (Å²) >= 11 is 12.4. The largest absolute Gasteiger partial charge is 0.322 e. The summed E-state index contributed by atoms with van der Waals surface area (Å²) in [6, 6.07) is 10.5. The van der Waals surface area contributed by atoms with Gasteiger partial charge in [-0.2, -0.15) is 0 Å². The monoisotopic (exact) mass is 304 g/mol. The number of fused-ring (bicyclic) bond motifs is 1. The number of rotatable bonds is 1. The number of hydrogen-bond acceptors (Lipinski definition) is 2. The molecule has 5 heteroatoms. The molecule has 3 rings (SSSR count). The van der Waals surface area contributed by atoms with Crippen molar-refractivity contribution in [2.45, 2.75) is 6.92 Å². The molecule has 0 radical (unpaired) electrons. The molecule has 0 atom stereocenters. The third-order valence-electron chi connectivity index (χ3n) is 3.14. The molecular weight excluding hydrogens is 295 g/mol. The molecule has 0 saturated carbocycles. The summed E-state index contributed by atoms with van der Waals surface area (Å²) < 4.78 is 0. The number of nitrogens with one attached hydrogen (secondary N) is 1. The van der Waals surface area contributed by atoms with Gasteiger partial charge in [0.05, 0.1) is 21.4 Å². The normalized spacial score (nSPS) is 10.9. The summed E-state index contributed by atoms with van der Waals surface area (Å²) in [5.74, 6) is 0. The lowest BCUT2D eigenvalue weighted by Gasteiger charge is -2.08. The van der Waals surface area contributed by atoms with Crippen molar-refractivity contribution in [2.75, 3.05) is 0 Å². The zero-order valence-electron chi connectivity index (χ0n) is 10.6. The van der Waals surface area contributed by atoms with Gasteiger partial charge in [0.15, 0.2) is 0 Å². The SMILES string of the molecule is Cc1nc(-c2ccc3[nH]c(=O)ccc3c2Cl)ccc1Cl. The number of H-pyrrole nitrogens is 1. The zero-order chi connectivity index (χ0) is 14.3. The Kier molecular flexibility index (Phi) is 3.24. The molecule has 2 heterocycles. The molecule has 2 aromatic heterocycles. The lowest BCUT2D eigenvalue weighted by molar-refractivity contribution is 1.21. The molecule has 0 saturated heterocycles. The van der Waals surface area contributed by atoms with E-state index in [1.807, 2.05) is 25.1 Å². The van der Waals surface area contributed by atoms with Crippen molar-refractivity contribution in [1.82, 2.24) is 9.97 Å². The molecule has 0 aliphatic heterocycles. The molecule has 1 N–H and O–H groups in total. The Morgan fingerprint density at radius 1 is 1.05 bits per heavy atom. The molecule has 0 aliphatic rings. The minimum Gasteiger partial charge on any atom is -0.322 e. The Hall–Kier alpha value is -1.84. The molecule has 1 aromatic carbocycles. The number of hydrogen-bond donors (Lipinski definition) is 1. The topological polar surface area (TPSA) is 45.8 Å². The number of benzene rings is 1.